The van der Waals surface area contributed by atoms with E-state index in [0.717, 1.165) is 5.54 Å². The molecule has 0 aliphatic heterocycles. The highest BCUT2D eigenvalue weighted by Gasteiger charge is 2.31. The predicted octanol–water partition coefficient (Wildman–Crippen LogP) is 5.56. The predicted molar refractivity (Wildman–Crippen MR) is 94.5 cm³/mol. The molecule has 1 aliphatic carbocycles. The minimum Gasteiger partial charge on any atom is -0.144 e. The van der Waals surface area contributed by atoms with Gasteiger partial charge in [0.25, 0.3) is 0 Å². The monoisotopic (exact) mass is 298 g/mol. The van der Waals surface area contributed by atoms with E-state index in [0.29, 0.717) is 0 Å². The Balaban J connectivity index is 2.22. The first kappa shape index (κ1) is 13.8. The van der Waals surface area contributed by atoms with E-state index in [1.807, 2.05) is 11.3 Å². The minimum atomic E-state index is -0.689. The number of hydrogen-bond acceptors (Lipinski definition) is 1. The second-order valence-corrected chi connectivity index (χ2v) is 10.6. The Hall–Kier alpha value is -1.12. The highest BCUT2D eigenvalue weighted by molar-refractivity contribution is 7.13. The molecule has 0 radical (unpaired) electrons. The van der Waals surface area contributed by atoms with Crippen LogP contribution in [0.4, 0.5) is 0 Å². The molecule has 0 nitrogen and oxygen atoms in total. The average Bonchev–Trinajstić information content (AvgIpc) is 2.83. The van der Waals surface area contributed by atoms with Gasteiger partial charge in [0.2, 0.25) is 0 Å². The summed E-state index contributed by atoms with van der Waals surface area (Å²) in [5.74, 6) is 0. The number of benzene rings is 1. The van der Waals surface area contributed by atoms with Crippen LogP contribution in [-0.4, -0.2) is 8.80 Å². The molecular weight excluding hydrogens is 276 g/mol. The summed E-state index contributed by atoms with van der Waals surface area (Å²) in [7, 11) is -0.689. The van der Waals surface area contributed by atoms with Crippen LogP contribution in [0.25, 0.3) is 17.2 Å². The van der Waals surface area contributed by atoms with Crippen molar-refractivity contribution in [1.29, 1.82) is 0 Å². The van der Waals surface area contributed by atoms with E-state index < -0.39 is 8.80 Å². The summed E-state index contributed by atoms with van der Waals surface area (Å²) < 4.78 is 0. The lowest BCUT2D eigenvalue weighted by Gasteiger charge is -2.15. The van der Waals surface area contributed by atoms with Gasteiger partial charge in [-0.3, -0.25) is 0 Å². The van der Waals surface area contributed by atoms with E-state index in [2.05, 4.69) is 64.2 Å². The lowest BCUT2D eigenvalue weighted by Crippen LogP contribution is -2.13. The number of fused-ring (bicyclic) bond motifs is 1. The molecule has 1 heterocycles. The van der Waals surface area contributed by atoms with Crippen LogP contribution in [0, 0.1) is 13.8 Å². The zero-order valence-corrected chi connectivity index (χ0v) is 14.9. The maximum absolute atomic E-state index is 2.47. The molecule has 1 aliphatic rings. The number of aryl methyl sites for hydroxylation is 2. The summed E-state index contributed by atoms with van der Waals surface area (Å²) in [6.45, 7) is 11.8. The van der Waals surface area contributed by atoms with E-state index in [4.69, 9.17) is 0 Å². The number of thiophene rings is 1. The van der Waals surface area contributed by atoms with Gasteiger partial charge < -0.3 is 0 Å². The first-order valence-corrected chi connectivity index (χ1v) is 11.2. The van der Waals surface area contributed by atoms with Crippen molar-refractivity contribution in [2.45, 2.75) is 39.4 Å². The van der Waals surface area contributed by atoms with Gasteiger partial charge in [-0.2, -0.15) is 0 Å². The van der Waals surface area contributed by atoms with E-state index in [-0.39, 0.29) is 0 Å². The molecule has 2 heteroatoms. The fraction of sp³-hybridized carbons (Fsp3) is 0.333. The lowest BCUT2D eigenvalue weighted by molar-refractivity contribution is 1.14. The van der Waals surface area contributed by atoms with Crippen LogP contribution in [0.5, 0.6) is 0 Å². The minimum absolute atomic E-state index is 0.689. The Morgan fingerprint density at radius 3 is 2.40 bits per heavy atom. The molecule has 1 aromatic heterocycles. The quantitative estimate of drug-likeness (QED) is 0.637. The Kier molecular flexibility index (Phi) is 3.47. The molecule has 0 fully saturated rings. The summed E-state index contributed by atoms with van der Waals surface area (Å²) in [5.41, 5.74) is 8.14. The zero-order chi connectivity index (χ0) is 14.4. The Morgan fingerprint density at radius 2 is 1.75 bits per heavy atom. The van der Waals surface area contributed by atoms with Crippen LogP contribution in [0.3, 0.4) is 0 Å². The normalized spacial score (nSPS) is 17.5. The molecule has 0 spiro atoms. The fourth-order valence-electron chi connectivity index (χ4n) is 3.50. The molecule has 1 unspecified atom stereocenters. The van der Waals surface area contributed by atoms with Crippen molar-refractivity contribution in [3.05, 3.63) is 50.7 Å². The van der Waals surface area contributed by atoms with E-state index in [1.54, 1.807) is 10.5 Å². The second-order valence-electron chi connectivity index (χ2n) is 6.24. The number of rotatable bonds is 2. The molecule has 1 atom stereocenters. The third-order valence-electron chi connectivity index (χ3n) is 4.38. The summed E-state index contributed by atoms with van der Waals surface area (Å²) in [4.78, 5) is 3.12. The molecule has 104 valence electrons. The topological polar surface area (TPSA) is 0 Å². The molecule has 0 amide bonds. The summed E-state index contributed by atoms with van der Waals surface area (Å²) in [6, 6.07) is 8.78. The number of allylic oxidation sites excluding steroid dienone is 1. The van der Waals surface area contributed by atoms with Crippen molar-refractivity contribution in [2.75, 3.05) is 0 Å². The van der Waals surface area contributed by atoms with Crippen molar-refractivity contribution in [3.8, 4) is 11.1 Å². The maximum Gasteiger partial charge on any atom is 0.0450 e. The Bertz CT molecular complexity index is 691. The van der Waals surface area contributed by atoms with Crippen LogP contribution in [0.1, 0.15) is 33.3 Å². The molecule has 0 bridgehead atoms. The summed E-state index contributed by atoms with van der Waals surface area (Å²) in [6.07, 6.45) is 2.46. The lowest BCUT2D eigenvalue weighted by atomic mass is 9.97. The van der Waals surface area contributed by atoms with Crippen LogP contribution >= 0.6 is 11.3 Å². The van der Waals surface area contributed by atoms with Crippen molar-refractivity contribution in [2.24, 2.45) is 0 Å². The smallest absolute Gasteiger partial charge is 0.0450 e. The van der Waals surface area contributed by atoms with Gasteiger partial charge in [0.15, 0.2) is 0 Å². The third kappa shape index (κ3) is 2.02. The molecule has 0 saturated heterocycles. The Morgan fingerprint density at radius 1 is 1.05 bits per heavy atom. The van der Waals surface area contributed by atoms with Gasteiger partial charge in [0, 0.05) is 29.7 Å². The van der Waals surface area contributed by atoms with Crippen molar-refractivity contribution >= 4 is 26.2 Å². The maximum atomic E-state index is 2.47. The first-order chi connectivity index (χ1) is 9.50. The van der Waals surface area contributed by atoms with Crippen LogP contribution in [0.15, 0.2) is 29.8 Å². The van der Waals surface area contributed by atoms with Gasteiger partial charge in [-0.1, -0.05) is 49.0 Å². The van der Waals surface area contributed by atoms with E-state index in [1.165, 1.54) is 27.1 Å². The molecule has 1 aromatic carbocycles. The molecule has 3 rings (SSSR count). The average molecular weight is 299 g/mol. The standard InChI is InChI=1S/C18H22SSi/c1-11-8-6-7-9-14(11)16-13(3)19-17-15(16)10-12(2)18(17)20(4)5/h6-10,18,20H,1-5H3. The summed E-state index contributed by atoms with van der Waals surface area (Å²) in [5, 5.41) is 0. The Labute approximate surface area is 127 Å². The highest BCUT2D eigenvalue weighted by atomic mass is 32.1. The molecule has 0 saturated carbocycles. The molecular formula is C18H22SSi. The van der Waals surface area contributed by atoms with Gasteiger partial charge in [-0.05, 0) is 37.5 Å². The first-order valence-electron chi connectivity index (χ1n) is 7.38. The van der Waals surface area contributed by atoms with Crippen molar-refractivity contribution in [3.63, 3.8) is 0 Å². The van der Waals surface area contributed by atoms with Crippen LogP contribution in [0.2, 0.25) is 13.1 Å². The van der Waals surface area contributed by atoms with Gasteiger partial charge in [0.05, 0.1) is 0 Å². The van der Waals surface area contributed by atoms with Gasteiger partial charge in [-0.25, -0.2) is 0 Å². The summed E-state index contributed by atoms with van der Waals surface area (Å²) >= 11 is 2.03. The van der Waals surface area contributed by atoms with Crippen LogP contribution < -0.4 is 0 Å². The third-order valence-corrected chi connectivity index (χ3v) is 8.01. The van der Waals surface area contributed by atoms with Crippen molar-refractivity contribution < 1.29 is 0 Å². The van der Waals surface area contributed by atoms with Gasteiger partial charge in [-0.15, -0.1) is 11.3 Å². The second kappa shape index (κ2) is 5.01. The molecule has 0 N–H and O–H groups in total. The SMILES string of the molecule is CC1=Cc2c(sc(C)c2-c2ccccc2C)C1[SiH](C)C. The molecule has 20 heavy (non-hydrogen) atoms. The van der Waals surface area contributed by atoms with Crippen LogP contribution in [-0.2, 0) is 0 Å². The van der Waals surface area contributed by atoms with E-state index in [9.17, 15) is 0 Å². The largest absolute Gasteiger partial charge is 0.144 e. The highest BCUT2D eigenvalue weighted by Crippen LogP contribution is 2.49. The van der Waals surface area contributed by atoms with Gasteiger partial charge >= 0.3 is 0 Å². The van der Waals surface area contributed by atoms with Crippen molar-refractivity contribution in [1.82, 2.24) is 0 Å². The molecule has 2 aromatic rings. The number of hydrogen-bond donors (Lipinski definition) is 0. The van der Waals surface area contributed by atoms with E-state index >= 15 is 0 Å². The zero-order valence-electron chi connectivity index (χ0n) is 12.9. The van der Waals surface area contributed by atoms with Gasteiger partial charge in [0.1, 0.15) is 0 Å². The fourth-order valence-corrected chi connectivity index (χ4v) is 7.69.